The van der Waals surface area contributed by atoms with Crippen molar-refractivity contribution in [2.45, 2.75) is 19.8 Å². The van der Waals surface area contributed by atoms with Crippen LogP contribution in [0.25, 0.3) is 10.6 Å². The molecule has 30 heavy (non-hydrogen) atoms. The van der Waals surface area contributed by atoms with Gasteiger partial charge in [-0.25, -0.2) is 14.4 Å². The van der Waals surface area contributed by atoms with Gasteiger partial charge in [0.25, 0.3) is 5.91 Å². The predicted octanol–water partition coefficient (Wildman–Crippen LogP) is 4.14. The van der Waals surface area contributed by atoms with Crippen molar-refractivity contribution < 1.29 is 14.0 Å². The number of carbonyl (C=O) groups excluding carboxylic acids is 2. The summed E-state index contributed by atoms with van der Waals surface area (Å²) in [6.45, 7) is 2.84. The second kappa shape index (κ2) is 8.71. The van der Waals surface area contributed by atoms with E-state index in [-0.39, 0.29) is 23.5 Å². The van der Waals surface area contributed by atoms with Crippen molar-refractivity contribution in [2.24, 2.45) is 5.92 Å². The van der Waals surface area contributed by atoms with Crippen LogP contribution in [0, 0.1) is 18.7 Å². The van der Waals surface area contributed by atoms with Gasteiger partial charge in [-0.15, -0.1) is 11.3 Å². The number of nitrogens with zero attached hydrogens (tertiary/aromatic N) is 3. The first-order valence-electron chi connectivity index (χ1n) is 9.76. The zero-order valence-corrected chi connectivity index (χ0v) is 17.3. The standard InChI is InChI=1S/C22H21FN4O2S/c1-14-19(30-21(25-14)16-5-7-17(23)8-6-16)22(29)27-12-9-15(10-13-27)20(28)26-18-4-2-3-11-24-18/h2-8,11,15H,9-10,12-13H2,1H3,(H,24,26,28). The molecule has 1 aliphatic rings. The summed E-state index contributed by atoms with van der Waals surface area (Å²) in [5, 5.41) is 3.53. The van der Waals surface area contributed by atoms with Crippen LogP contribution in [-0.4, -0.2) is 39.8 Å². The van der Waals surface area contributed by atoms with E-state index >= 15 is 0 Å². The first-order valence-corrected chi connectivity index (χ1v) is 10.6. The van der Waals surface area contributed by atoms with Crippen molar-refractivity contribution in [3.05, 3.63) is 65.0 Å². The molecule has 6 nitrogen and oxygen atoms in total. The summed E-state index contributed by atoms with van der Waals surface area (Å²) in [6.07, 6.45) is 2.84. The Labute approximate surface area is 177 Å². The van der Waals surface area contributed by atoms with Crippen molar-refractivity contribution in [2.75, 3.05) is 18.4 Å². The molecule has 1 N–H and O–H groups in total. The Morgan fingerprint density at radius 3 is 2.53 bits per heavy atom. The highest BCUT2D eigenvalue weighted by Crippen LogP contribution is 2.30. The summed E-state index contributed by atoms with van der Waals surface area (Å²) >= 11 is 1.32. The number of aromatic nitrogens is 2. The van der Waals surface area contributed by atoms with Crippen LogP contribution in [0.1, 0.15) is 28.2 Å². The van der Waals surface area contributed by atoms with Crippen molar-refractivity contribution in [3.8, 4) is 10.6 Å². The van der Waals surface area contributed by atoms with Crippen LogP contribution in [0.2, 0.25) is 0 Å². The molecule has 1 saturated heterocycles. The molecule has 4 rings (SSSR count). The molecular weight excluding hydrogens is 403 g/mol. The van der Waals surface area contributed by atoms with Crippen LogP contribution in [0.15, 0.2) is 48.7 Å². The van der Waals surface area contributed by atoms with Gasteiger partial charge in [0.1, 0.15) is 21.5 Å². The number of likely N-dealkylation sites (tertiary alicyclic amines) is 1. The Balaban J connectivity index is 1.38. The second-order valence-electron chi connectivity index (χ2n) is 7.21. The third-order valence-electron chi connectivity index (χ3n) is 5.15. The third-order valence-corrected chi connectivity index (χ3v) is 6.35. The highest BCUT2D eigenvalue weighted by molar-refractivity contribution is 7.17. The first kappa shape index (κ1) is 20.2. The van der Waals surface area contributed by atoms with E-state index in [9.17, 15) is 14.0 Å². The second-order valence-corrected chi connectivity index (χ2v) is 8.21. The number of rotatable bonds is 4. The number of hydrogen-bond acceptors (Lipinski definition) is 5. The van der Waals surface area contributed by atoms with E-state index in [2.05, 4.69) is 15.3 Å². The monoisotopic (exact) mass is 424 g/mol. The number of benzene rings is 1. The molecule has 1 aliphatic heterocycles. The van der Waals surface area contributed by atoms with Gasteiger partial charge < -0.3 is 10.2 Å². The summed E-state index contributed by atoms with van der Waals surface area (Å²) in [7, 11) is 0. The van der Waals surface area contributed by atoms with Gasteiger partial charge in [0, 0.05) is 30.8 Å². The van der Waals surface area contributed by atoms with Crippen molar-refractivity contribution in [1.82, 2.24) is 14.9 Å². The van der Waals surface area contributed by atoms with Crippen molar-refractivity contribution in [3.63, 3.8) is 0 Å². The van der Waals surface area contributed by atoms with Gasteiger partial charge in [0.15, 0.2) is 0 Å². The normalized spacial score (nSPS) is 14.5. The van der Waals surface area contributed by atoms with Crippen LogP contribution in [0.5, 0.6) is 0 Å². The van der Waals surface area contributed by atoms with E-state index in [0.717, 1.165) is 5.56 Å². The molecule has 1 aromatic carbocycles. The molecule has 2 aromatic heterocycles. The molecule has 0 saturated carbocycles. The number of piperidine rings is 1. The van der Waals surface area contributed by atoms with Crippen molar-refractivity contribution in [1.29, 1.82) is 0 Å². The minimum atomic E-state index is -0.307. The summed E-state index contributed by atoms with van der Waals surface area (Å²) in [6, 6.07) is 11.5. The van der Waals surface area contributed by atoms with Gasteiger partial charge in [0.05, 0.1) is 5.69 Å². The molecule has 0 atom stereocenters. The zero-order valence-electron chi connectivity index (χ0n) is 16.5. The Morgan fingerprint density at radius 2 is 1.87 bits per heavy atom. The average Bonchev–Trinajstić information content (AvgIpc) is 3.16. The molecule has 8 heteroatoms. The molecule has 2 amide bonds. The molecule has 1 fully saturated rings. The number of anilines is 1. The van der Waals surface area contributed by atoms with Crippen LogP contribution in [-0.2, 0) is 4.79 Å². The lowest BCUT2D eigenvalue weighted by Gasteiger charge is -2.31. The number of pyridine rings is 1. The summed E-state index contributed by atoms with van der Waals surface area (Å²) in [4.78, 5) is 36.5. The summed E-state index contributed by atoms with van der Waals surface area (Å²) in [5.74, 6) is -0.0448. The predicted molar refractivity (Wildman–Crippen MR) is 114 cm³/mol. The van der Waals surface area contributed by atoms with E-state index in [4.69, 9.17) is 0 Å². The number of aryl methyl sites for hydroxylation is 1. The van der Waals surface area contributed by atoms with Gasteiger partial charge in [-0.2, -0.15) is 0 Å². The van der Waals surface area contributed by atoms with Gasteiger partial charge >= 0.3 is 0 Å². The maximum Gasteiger partial charge on any atom is 0.265 e. The van der Waals surface area contributed by atoms with Crippen LogP contribution in [0.3, 0.4) is 0 Å². The number of hydrogen-bond donors (Lipinski definition) is 1. The van der Waals surface area contributed by atoms with E-state index < -0.39 is 0 Å². The Hall–Kier alpha value is -3.13. The molecule has 3 heterocycles. The molecule has 0 radical (unpaired) electrons. The average molecular weight is 425 g/mol. The number of amides is 2. The third kappa shape index (κ3) is 4.38. The lowest BCUT2D eigenvalue weighted by atomic mass is 9.95. The Morgan fingerprint density at radius 1 is 1.13 bits per heavy atom. The molecule has 0 bridgehead atoms. The summed E-state index contributed by atoms with van der Waals surface area (Å²) in [5.41, 5.74) is 1.45. The fraction of sp³-hybridized carbons (Fsp3) is 0.273. The molecule has 0 aliphatic carbocycles. The zero-order chi connectivity index (χ0) is 21.1. The van der Waals surface area contributed by atoms with E-state index in [0.29, 0.717) is 47.3 Å². The molecule has 0 unspecified atom stereocenters. The molecule has 3 aromatic rings. The minimum Gasteiger partial charge on any atom is -0.338 e. The topological polar surface area (TPSA) is 75.2 Å². The quantitative estimate of drug-likeness (QED) is 0.683. The van der Waals surface area contributed by atoms with Crippen LogP contribution < -0.4 is 5.32 Å². The van der Waals surface area contributed by atoms with Crippen molar-refractivity contribution >= 4 is 29.0 Å². The fourth-order valence-corrected chi connectivity index (χ4v) is 4.50. The lowest BCUT2D eigenvalue weighted by Crippen LogP contribution is -2.41. The Kier molecular flexibility index (Phi) is 5.85. The molecular formula is C22H21FN4O2S. The number of nitrogens with one attached hydrogen (secondary N) is 1. The van der Waals surface area contributed by atoms with E-state index in [1.54, 1.807) is 35.4 Å². The SMILES string of the molecule is Cc1nc(-c2ccc(F)cc2)sc1C(=O)N1CCC(C(=O)Nc2ccccn2)CC1. The summed E-state index contributed by atoms with van der Waals surface area (Å²) < 4.78 is 13.2. The number of carbonyl (C=O) groups is 2. The lowest BCUT2D eigenvalue weighted by molar-refractivity contribution is -0.121. The van der Waals surface area contributed by atoms with E-state index in [1.807, 2.05) is 13.0 Å². The Bertz CT molecular complexity index is 1040. The van der Waals surface area contributed by atoms with Gasteiger partial charge in [-0.3, -0.25) is 9.59 Å². The van der Waals surface area contributed by atoms with E-state index in [1.165, 1.54) is 23.5 Å². The largest absolute Gasteiger partial charge is 0.338 e. The number of halogens is 1. The minimum absolute atomic E-state index is 0.0617. The number of thiazole rings is 1. The maximum absolute atomic E-state index is 13.2. The molecule has 154 valence electrons. The van der Waals surface area contributed by atoms with Gasteiger partial charge in [-0.05, 0) is 56.2 Å². The highest BCUT2D eigenvalue weighted by Gasteiger charge is 2.29. The van der Waals surface area contributed by atoms with Crippen LogP contribution in [0.4, 0.5) is 10.2 Å². The highest BCUT2D eigenvalue weighted by atomic mass is 32.1. The first-order chi connectivity index (χ1) is 14.5. The molecule has 0 spiro atoms. The van der Waals surface area contributed by atoms with Gasteiger partial charge in [0.2, 0.25) is 5.91 Å². The van der Waals surface area contributed by atoms with Crippen LogP contribution >= 0.6 is 11.3 Å². The smallest absolute Gasteiger partial charge is 0.265 e. The fourth-order valence-electron chi connectivity index (χ4n) is 3.46. The maximum atomic E-state index is 13.2. The van der Waals surface area contributed by atoms with Gasteiger partial charge in [-0.1, -0.05) is 6.07 Å².